The van der Waals surface area contributed by atoms with Crippen molar-refractivity contribution < 1.29 is 14.3 Å². The fraction of sp³-hybridized carbons (Fsp3) is 0.235. The molecule has 0 aliphatic carbocycles. The van der Waals surface area contributed by atoms with Gasteiger partial charge in [0.2, 0.25) is 11.0 Å². The van der Waals surface area contributed by atoms with Gasteiger partial charge < -0.3 is 9.47 Å². The fourth-order valence-electron chi connectivity index (χ4n) is 2.26. The van der Waals surface area contributed by atoms with E-state index in [1.165, 1.54) is 17.4 Å². The average Bonchev–Trinajstić information content (AvgIpc) is 3.11. The number of hydrogen-bond acceptors (Lipinski definition) is 8. The smallest absolute Gasteiger partial charge is 0.267 e. The number of hydrogen-bond donors (Lipinski definition) is 1. The summed E-state index contributed by atoms with van der Waals surface area (Å²) in [6.07, 6.45) is 0. The summed E-state index contributed by atoms with van der Waals surface area (Å²) in [6, 6.07) is 10.2. The molecule has 0 radical (unpaired) electrons. The van der Waals surface area contributed by atoms with E-state index in [1.54, 1.807) is 32.4 Å². The lowest BCUT2D eigenvalue weighted by Gasteiger charge is -2.07. The van der Waals surface area contributed by atoms with Gasteiger partial charge in [0.1, 0.15) is 23.9 Å². The molecule has 0 aliphatic heterocycles. The Hall–Kier alpha value is -3.11. The third-order valence-corrected chi connectivity index (χ3v) is 4.34. The van der Waals surface area contributed by atoms with Crippen LogP contribution in [0.1, 0.15) is 5.01 Å². The molecule has 2 aromatic heterocycles. The molecule has 0 unspecified atom stereocenters. The standard InChI is InChI=1S/C17H17N5O4S/c1-25-10-15-19-20-17(27-15)18-14(23)9-22-16(24)8-7-13(21-22)11-3-5-12(26-2)6-4-11/h3-8H,9-10H2,1-2H3,(H,18,20,23). The minimum absolute atomic E-state index is 0.234. The Morgan fingerprint density at radius 2 is 1.93 bits per heavy atom. The second-order valence-electron chi connectivity index (χ2n) is 5.43. The molecule has 2 heterocycles. The number of anilines is 1. The molecule has 27 heavy (non-hydrogen) atoms. The summed E-state index contributed by atoms with van der Waals surface area (Å²) in [5.74, 6) is 0.299. The van der Waals surface area contributed by atoms with Crippen molar-refractivity contribution in [1.29, 1.82) is 0 Å². The normalized spacial score (nSPS) is 10.6. The van der Waals surface area contributed by atoms with Gasteiger partial charge in [-0.2, -0.15) is 5.10 Å². The third kappa shape index (κ3) is 4.74. The highest BCUT2D eigenvalue weighted by Crippen LogP contribution is 2.19. The number of methoxy groups -OCH3 is 2. The molecule has 3 rings (SSSR count). The third-order valence-electron chi connectivity index (χ3n) is 3.53. The maximum Gasteiger partial charge on any atom is 0.267 e. The molecule has 1 aromatic carbocycles. The Bertz CT molecular complexity index is 983. The number of ether oxygens (including phenoxy) is 2. The number of rotatable bonds is 7. The number of carbonyl (C=O) groups excluding carboxylic acids is 1. The molecule has 1 amide bonds. The molecular formula is C17H17N5O4S. The number of nitrogens with zero attached hydrogens (tertiary/aromatic N) is 4. The first-order chi connectivity index (χ1) is 13.1. The number of benzene rings is 1. The summed E-state index contributed by atoms with van der Waals surface area (Å²) in [7, 11) is 3.13. The van der Waals surface area contributed by atoms with Gasteiger partial charge >= 0.3 is 0 Å². The summed E-state index contributed by atoms with van der Waals surface area (Å²) in [5.41, 5.74) is 1.00. The molecule has 9 nitrogen and oxygen atoms in total. The minimum Gasteiger partial charge on any atom is -0.497 e. The summed E-state index contributed by atoms with van der Waals surface area (Å²) in [4.78, 5) is 24.3. The van der Waals surface area contributed by atoms with E-state index in [9.17, 15) is 9.59 Å². The molecule has 1 N–H and O–H groups in total. The molecule has 0 fully saturated rings. The van der Waals surface area contributed by atoms with Crippen LogP contribution in [0, 0.1) is 0 Å². The molecule has 0 atom stereocenters. The minimum atomic E-state index is -0.420. The van der Waals surface area contributed by atoms with Crippen LogP contribution in [0.3, 0.4) is 0 Å². The van der Waals surface area contributed by atoms with Crippen molar-refractivity contribution in [3.63, 3.8) is 0 Å². The Labute approximate surface area is 158 Å². The second kappa shape index (κ2) is 8.52. The first-order valence-corrected chi connectivity index (χ1v) is 8.74. The molecular weight excluding hydrogens is 370 g/mol. The first kappa shape index (κ1) is 18.7. The van der Waals surface area contributed by atoms with Crippen LogP contribution in [-0.2, 0) is 22.7 Å². The zero-order valence-electron chi connectivity index (χ0n) is 14.7. The zero-order chi connectivity index (χ0) is 19.2. The highest BCUT2D eigenvalue weighted by Gasteiger charge is 2.11. The van der Waals surface area contributed by atoms with E-state index in [-0.39, 0.29) is 12.1 Å². The lowest BCUT2D eigenvalue weighted by molar-refractivity contribution is -0.117. The predicted octanol–water partition coefficient (Wildman–Crippen LogP) is 1.56. The van der Waals surface area contributed by atoms with Gasteiger partial charge in [-0.25, -0.2) is 4.68 Å². The average molecular weight is 387 g/mol. The van der Waals surface area contributed by atoms with Crippen molar-refractivity contribution in [2.45, 2.75) is 13.2 Å². The Morgan fingerprint density at radius 1 is 1.15 bits per heavy atom. The van der Waals surface area contributed by atoms with Gasteiger partial charge in [-0.3, -0.25) is 14.9 Å². The highest BCUT2D eigenvalue weighted by atomic mass is 32.1. The van der Waals surface area contributed by atoms with Crippen molar-refractivity contribution >= 4 is 22.4 Å². The lowest BCUT2D eigenvalue weighted by Crippen LogP contribution is -2.29. The number of nitrogens with one attached hydrogen (secondary N) is 1. The lowest BCUT2D eigenvalue weighted by atomic mass is 10.1. The molecule has 0 bridgehead atoms. The molecule has 0 aliphatic rings. The van der Waals surface area contributed by atoms with Crippen LogP contribution in [0.25, 0.3) is 11.3 Å². The quantitative estimate of drug-likeness (QED) is 0.655. The Balaban J connectivity index is 1.73. The maximum atomic E-state index is 12.2. The maximum absolute atomic E-state index is 12.2. The van der Waals surface area contributed by atoms with E-state index < -0.39 is 5.91 Å². The van der Waals surface area contributed by atoms with Crippen LogP contribution in [0.15, 0.2) is 41.2 Å². The van der Waals surface area contributed by atoms with Crippen molar-refractivity contribution in [3.05, 3.63) is 51.8 Å². The first-order valence-electron chi connectivity index (χ1n) is 7.93. The van der Waals surface area contributed by atoms with Gasteiger partial charge in [0.15, 0.2) is 0 Å². The van der Waals surface area contributed by atoms with E-state index in [0.29, 0.717) is 22.4 Å². The molecule has 140 valence electrons. The van der Waals surface area contributed by atoms with E-state index in [2.05, 4.69) is 20.6 Å². The molecule has 0 spiro atoms. The van der Waals surface area contributed by atoms with Crippen LogP contribution in [0.4, 0.5) is 5.13 Å². The zero-order valence-corrected chi connectivity index (χ0v) is 15.5. The van der Waals surface area contributed by atoms with Crippen LogP contribution in [0.2, 0.25) is 0 Å². The Morgan fingerprint density at radius 3 is 2.63 bits per heavy atom. The largest absolute Gasteiger partial charge is 0.497 e. The second-order valence-corrected chi connectivity index (χ2v) is 6.49. The summed E-state index contributed by atoms with van der Waals surface area (Å²) < 4.78 is 11.2. The SMILES string of the molecule is COCc1nnc(NC(=O)Cn2nc(-c3ccc(OC)cc3)ccc2=O)s1. The van der Waals surface area contributed by atoms with Crippen LogP contribution in [0.5, 0.6) is 5.75 Å². The van der Waals surface area contributed by atoms with E-state index >= 15 is 0 Å². The summed E-state index contributed by atoms with van der Waals surface area (Å²) in [6.45, 7) is 0.0838. The monoisotopic (exact) mass is 387 g/mol. The van der Waals surface area contributed by atoms with Crippen LogP contribution < -0.4 is 15.6 Å². The number of amides is 1. The summed E-state index contributed by atoms with van der Waals surface area (Å²) >= 11 is 1.21. The van der Waals surface area contributed by atoms with Crippen molar-refractivity contribution in [1.82, 2.24) is 20.0 Å². The van der Waals surface area contributed by atoms with Gasteiger partial charge in [-0.1, -0.05) is 11.3 Å². The highest BCUT2D eigenvalue weighted by molar-refractivity contribution is 7.15. The topological polar surface area (TPSA) is 108 Å². The van der Waals surface area contributed by atoms with Gasteiger partial charge in [0.05, 0.1) is 12.8 Å². The molecule has 0 saturated carbocycles. The van der Waals surface area contributed by atoms with Crippen LogP contribution in [-0.4, -0.2) is 40.1 Å². The Kier molecular flexibility index (Phi) is 5.89. The van der Waals surface area contributed by atoms with Crippen molar-refractivity contribution in [2.24, 2.45) is 0 Å². The molecule has 0 saturated heterocycles. The van der Waals surface area contributed by atoms with Crippen LogP contribution >= 0.6 is 11.3 Å². The number of carbonyl (C=O) groups is 1. The number of aromatic nitrogens is 4. The van der Waals surface area contributed by atoms with Gasteiger partial charge in [0.25, 0.3) is 5.56 Å². The summed E-state index contributed by atoms with van der Waals surface area (Å²) in [5, 5.41) is 15.6. The van der Waals surface area contributed by atoms with Gasteiger partial charge in [-0.05, 0) is 30.3 Å². The van der Waals surface area contributed by atoms with E-state index in [1.807, 2.05) is 12.1 Å². The fourth-order valence-corrected chi connectivity index (χ4v) is 2.99. The molecule has 10 heteroatoms. The van der Waals surface area contributed by atoms with Crippen molar-refractivity contribution in [2.75, 3.05) is 19.5 Å². The van der Waals surface area contributed by atoms with Gasteiger partial charge in [-0.15, -0.1) is 10.2 Å². The molecule has 3 aromatic rings. The van der Waals surface area contributed by atoms with Crippen molar-refractivity contribution in [3.8, 4) is 17.0 Å². The predicted molar refractivity (Wildman–Crippen MR) is 99.7 cm³/mol. The van der Waals surface area contributed by atoms with E-state index in [0.717, 1.165) is 16.0 Å². The van der Waals surface area contributed by atoms with Gasteiger partial charge in [0, 0.05) is 18.7 Å². The van der Waals surface area contributed by atoms with E-state index in [4.69, 9.17) is 9.47 Å².